The average Bonchev–Trinajstić information content (AvgIpc) is 3.04. The van der Waals surface area contributed by atoms with Gasteiger partial charge in [-0.15, -0.1) is 0 Å². The Morgan fingerprint density at radius 2 is 1.61 bits per heavy atom. The molecule has 11 nitrogen and oxygen atoms in total. The normalized spacial score (nSPS) is 13.1. The number of anilines is 1. The SMILES string of the molecule is CC(=O)c1nc2c(Cl)nc(N)nc2n1C(OCCCOC(=O)C(C)(C)C)OC(=O)C(C)(C)C. The standard InChI is InChI=1S/C21H30ClN5O6/c1-11(28)14-24-12-13(22)25-18(23)26-15(12)27(14)19(33-17(30)21(5,6)7)32-10-8-9-31-16(29)20(2,3)4/h19H,8-10H2,1-7H3,(H2,23,25,26). The number of halogens is 1. The molecule has 2 heterocycles. The van der Waals surface area contributed by atoms with Crippen LogP contribution in [0.2, 0.25) is 5.15 Å². The predicted molar refractivity (Wildman–Crippen MR) is 120 cm³/mol. The minimum absolute atomic E-state index is 0.0326. The van der Waals surface area contributed by atoms with Gasteiger partial charge >= 0.3 is 11.9 Å². The second-order valence-corrected chi connectivity index (χ2v) is 9.84. The Balaban J connectivity index is 2.35. The van der Waals surface area contributed by atoms with Crippen LogP contribution in [0, 0.1) is 10.8 Å². The highest BCUT2D eigenvalue weighted by molar-refractivity contribution is 6.33. The zero-order valence-corrected chi connectivity index (χ0v) is 20.6. The molecule has 1 atom stereocenters. The zero-order valence-electron chi connectivity index (χ0n) is 19.9. The van der Waals surface area contributed by atoms with Crippen molar-refractivity contribution < 1.29 is 28.6 Å². The molecule has 0 aromatic carbocycles. The molecule has 1 unspecified atom stereocenters. The lowest BCUT2D eigenvalue weighted by Crippen LogP contribution is -2.30. The molecule has 0 saturated heterocycles. The van der Waals surface area contributed by atoms with Crippen LogP contribution in [-0.4, -0.2) is 50.5 Å². The highest BCUT2D eigenvalue weighted by Crippen LogP contribution is 2.29. The van der Waals surface area contributed by atoms with Gasteiger partial charge in [0.1, 0.15) is 5.52 Å². The molecule has 0 saturated carbocycles. The Morgan fingerprint density at radius 3 is 2.15 bits per heavy atom. The van der Waals surface area contributed by atoms with Crippen LogP contribution in [0.4, 0.5) is 5.95 Å². The molecular weight excluding hydrogens is 454 g/mol. The van der Waals surface area contributed by atoms with Gasteiger partial charge in [0.25, 0.3) is 6.41 Å². The maximum atomic E-state index is 12.6. The van der Waals surface area contributed by atoms with Crippen molar-refractivity contribution in [1.82, 2.24) is 19.5 Å². The average molecular weight is 484 g/mol. The minimum atomic E-state index is -1.40. The highest BCUT2D eigenvalue weighted by atomic mass is 35.5. The second kappa shape index (κ2) is 10.0. The summed E-state index contributed by atoms with van der Waals surface area (Å²) in [4.78, 5) is 49.0. The predicted octanol–water partition coefficient (Wildman–Crippen LogP) is 3.31. The number of carbonyl (C=O) groups excluding carboxylic acids is 3. The maximum absolute atomic E-state index is 12.6. The minimum Gasteiger partial charge on any atom is -0.465 e. The molecule has 2 N–H and O–H groups in total. The molecule has 0 aliphatic rings. The number of ketones is 1. The van der Waals surface area contributed by atoms with Crippen molar-refractivity contribution in [3.63, 3.8) is 0 Å². The van der Waals surface area contributed by atoms with Gasteiger partial charge in [-0.05, 0) is 41.5 Å². The van der Waals surface area contributed by atoms with E-state index in [1.165, 1.54) is 11.5 Å². The molecule has 0 radical (unpaired) electrons. The summed E-state index contributed by atoms with van der Waals surface area (Å²) in [7, 11) is 0. The molecule has 12 heteroatoms. The summed E-state index contributed by atoms with van der Waals surface area (Å²) in [5.74, 6) is -1.63. The topological polar surface area (TPSA) is 149 Å². The molecule has 0 bridgehead atoms. The zero-order chi connectivity index (χ0) is 25.1. The quantitative estimate of drug-likeness (QED) is 0.195. The van der Waals surface area contributed by atoms with Crippen LogP contribution in [-0.2, 0) is 23.8 Å². The molecule has 0 fully saturated rings. The first kappa shape index (κ1) is 26.5. The van der Waals surface area contributed by atoms with Crippen LogP contribution in [0.3, 0.4) is 0 Å². The van der Waals surface area contributed by atoms with Gasteiger partial charge in [0.15, 0.2) is 22.4 Å². The van der Waals surface area contributed by atoms with Crippen molar-refractivity contribution in [2.45, 2.75) is 61.3 Å². The fourth-order valence-electron chi connectivity index (χ4n) is 2.46. The number of hydrogen-bond donors (Lipinski definition) is 1. The van der Waals surface area contributed by atoms with E-state index in [0.717, 1.165) is 0 Å². The van der Waals surface area contributed by atoms with E-state index in [4.69, 9.17) is 31.5 Å². The summed E-state index contributed by atoms with van der Waals surface area (Å²) in [5, 5.41) is -0.0614. The van der Waals surface area contributed by atoms with E-state index < -0.39 is 29.0 Å². The Kier molecular flexibility index (Phi) is 8.02. The molecule has 33 heavy (non-hydrogen) atoms. The van der Waals surface area contributed by atoms with Crippen LogP contribution in [0.1, 0.15) is 71.9 Å². The first-order chi connectivity index (χ1) is 15.1. The van der Waals surface area contributed by atoms with E-state index >= 15 is 0 Å². The molecule has 0 amide bonds. The van der Waals surface area contributed by atoms with E-state index in [9.17, 15) is 14.4 Å². The van der Waals surface area contributed by atoms with Crippen LogP contribution in [0.15, 0.2) is 0 Å². The third-order valence-electron chi connectivity index (χ3n) is 4.26. The van der Waals surface area contributed by atoms with Crippen LogP contribution < -0.4 is 5.73 Å². The molecule has 2 aromatic rings. The third kappa shape index (κ3) is 6.61. The number of ether oxygens (including phenoxy) is 3. The Bertz CT molecular complexity index is 1050. The lowest BCUT2D eigenvalue weighted by Gasteiger charge is -2.25. The van der Waals surface area contributed by atoms with E-state index in [-0.39, 0.29) is 47.3 Å². The van der Waals surface area contributed by atoms with Gasteiger partial charge in [0.05, 0.1) is 24.0 Å². The third-order valence-corrected chi connectivity index (χ3v) is 4.52. The number of Topliss-reactive ketones (excluding diaryl/α,β-unsaturated/α-hetero) is 1. The lowest BCUT2D eigenvalue weighted by molar-refractivity contribution is -0.210. The number of carbonyl (C=O) groups is 3. The summed E-state index contributed by atoms with van der Waals surface area (Å²) < 4.78 is 17.8. The number of nitrogen functional groups attached to an aromatic ring is 1. The summed E-state index contributed by atoms with van der Waals surface area (Å²) >= 11 is 6.13. The number of rotatable bonds is 8. The van der Waals surface area contributed by atoms with Gasteiger partial charge in [0.2, 0.25) is 5.95 Å². The maximum Gasteiger partial charge on any atom is 0.314 e. The summed E-state index contributed by atoms with van der Waals surface area (Å²) in [6.07, 6.45) is -1.09. The molecule has 2 aromatic heterocycles. The summed E-state index contributed by atoms with van der Waals surface area (Å²) in [5.41, 5.74) is 4.42. The van der Waals surface area contributed by atoms with Gasteiger partial charge in [-0.3, -0.25) is 14.4 Å². The van der Waals surface area contributed by atoms with E-state index in [1.807, 2.05) is 0 Å². The Morgan fingerprint density at radius 1 is 1.00 bits per heavy atom. The number of nitrogens with two attached hydrogens (primary N) is 1. The van der Waals surface area contributed by atoms with E-state index in [2.05, 4.69) is 15.0 Å². The van der Waals surface area contributed by atoms with Crippen molar-refractivity contribution in [1.29, 1.82) is 0 Å². The van der Waals surface area contributed by atoms with Crippen LogP contribution in [0.5, 0.6) is 0 Å². The largest absolute Gasteiger partial charge is 0.465 e. The van der Waals surface area contributed by atoms with Crippen molar-refractivity contribution in [2.24, 2.45) is 10.8 Å². The lowest BCUT2D eigenvalue weighted by atomic mass is 9.97. The number of imidazole rings is 1. The first-order valence-corrected chi connectivity index (χ1v) is 10.7. The van der Waals surface area contributed by atoms with E-state index in [1.54, 1.807) is 41.5 Å². The second-order valence-electron chi connectivity index (χ2n) is 9.48. The smallest absolute Gasteiger partial charge is 0.314 e. The van der Waals surface area contributed by atoms with Gasteiger partial charge in [-0.1, -0.05) is 11.6 Å². The number of nitrogens with zero attached hydrogens (tertiary/aromatic N) is 4. The number of fused-ring (bicyclic) bond motifs is 1. The monoisotopic (exact) mass is 483 g/mol. The van der Waals surface area contributed by atoms with Crippen molar-refractivity contribution >= 4 is 46.4 Å². The fraction of sp³-hybridized carbons (Fsp3) is 0.619. The first-order valence-electron chi connectivity index (χ1n) is 10.3. The van der Waals surface area contributed by atoms with E-state index in [0.29, 0.717) is 6.42 Å². The highest BCUT2D eigenvalue weighted by Gasteiger charge is 2.32. The fourth-order valence-corrected chi connectivity index (χ4v) is 2.67. The summed E-state index contributed by atoms with van der Waals surface area (Å²) in [6.45, 7) is 11.7. The number of esters is 2. The van der Waals surface area contributed by atoms with Crippen LogP contribution >= 0.6 is 11.6 Å². The molecule has 2 rings (SSSR count). The number of hydrogen-bond acceptors (Lipinski definition) is 10. The molecule has 0 aliphatic heterocycles. The van der Waals surface area contributed by atoms with Crippen molar-refractivity contribution in [3.8, 4) is 0 Å². The molecule has 0 spiro atoms. The van der Waals surface area contributed by atoms with Gasteiger partial charge < -0.3 is 19.9 Å². The molecule has 0 aliphatic carbocycles. The Labute approximate surface area is 196 Å². The number of aromatic nitrogens is 4. The van der Waals surface area contributed by atoms with Gasteiger partial charge in [0, 0.05) is 13.3 Å². The molecule has 182 valence electrons. The Hall–Kier alpha value is -2.79. The summed E-state index contributed by atoms with van der Waals surface area (Å²) in [6, 6.07) is 0. The van der Waals surface area contributed by atoms with Gasteiger partial charge in [-0.25, -0.2) is 9.55 Å². The van der Waals surface area contributed by atoms with Gasteiger partial charge in [-0.2, -0.15) is 9.97 Å². The van der Waals surface area contributed by atoms with Crippen molar-refractivity contribution in [2.75, 3.05) is 18.9 Å². The molecular formula is C21H30ClN5O6. The van der Waals surface area contributed by atoms with Crippen LogP contribution in [0.25, 0.3) is 11.2 Å². The van der Waals surface area contributed by atoms with Crippen molar-refractivity contribution in [3.05, 3.63) is 11.0 Å².